The van der Waals surface area contributed by atoms with Gasteiger partial charge in [-0.25, -0.2) is 4.21 Å². The van der Waals surface area contributed by atoms with Crippen molar-refractivity contribution < 1.29 is 23.2 Å². The minimum absolute atomic E-state index is 0.0703. The van der Waals surface area contributed by atoms with E-state index in [9.17, 15) is 9.00 Å². The van der Waals surface area contributed by atoms with Crippen LogP contribution in [0.5, 0.6) is 23.0 Å². The van der Waals surface area contributed by atoms with Gasteiger partial charge >= 0.3 is 0 Å². The number of rotatable bonds is 5. The van der Waals surface area contributed by atoms with Crippen molar-refractivity contribution in [3.05, 3.63) is 78.4 Å². The number of carbonyl (C=O) groups is 1. The van der Waals surface area contributed by atoms with E-state index in [0.717, 1.165) is 11.3 Å². The number of hydrogen-bond donors (Lipinski definition) is 1. The number of fused-ring (bicyclic) bond motifs is 1. The highest BCUT2D eigenvalue weighted by Crippen LogP contribution is 2.43. The Kier molecular flexibility index (Phi) is 4.76. The quantitative estimate of drug-likeness (QED) is 0.681. The van der Waals surface area contributed by atoms with Gasteiger partial charge in [-0.05, 0) is 42.5 Å². The number of anilines is 1. The Morgan fingerprint density at radius 3 is 2.50 bits per heavy atom. The highest BCUT2D eigenvalue weighted by atomic mass is 32.2. The molecule has 30 heavy (non-hydrogen) atoms. The van der Waals surface area contributed by atoms with Crippen molar-refractivity contribution in [1.29, 1.82) is 0 Å². The van der Waals surface area contributed by atoms with Crippen molar-refractivity contribution in [1.82, 2.24) is 4.72 Å². The lowest BCUT2D eigenvalue weighted by Crippen LogP contribution is -2.22. The summed E-state index contributed by atoms with van der Waals surface area (Å²) in [5.74, 6) is 2.45. The van der Waals surface area contributed by atoms with Gasteiger partial charge in [-0.2, -0.15) is 0 Å². The van der Waals surface area contributed by atoms with E-state index in [1.54, 1.807) is 24.3 Å². The molecule has 0 radical (unpaired) electrons. The first kappa shape index (κ1) is 18.5. The van der Waals surface area contributed by atoms with Crippen LogP contribution in [0.15, 0.2) is 72.8 Å². The molecule has 7 nitrogen and oxygen atoms in total. The van der Waals surface area contributed by atoms with Gasteiger partial charge in [0.2, 0.25) is 11.2 Å². The summed E-state index contributed by atoms with van der Waals surface area (Å²) < 4.78 is 33.7. The molecule has 152 valence electrons. The Balaban J connectivity index is 1.31. The van der Waals surface area contributed by atoms with Gasteiger partial charge in [0.25, 0.3) is 5.91 Å². The molecule has 3 aromatic carbocycles. The van der Waals surface area contributed by atoms with Crippen LogP contribution in [0, 0.1) is 0 Å². The lowest BCUT2D eigenvalue weighted by molar-refractivity contribution is -0.117. The Hall–Kier alpha value is -3.52. The Morgan fingerprint density at radius 2 is 1.77 bits per heavy atom. The lowest BCUT2D eigenvalue weighted by atomic mass is 10.1. The molecule has 0 aliphatic carbocycles. The standard InChI is InChI=1S/C22H18N2O5S/c25-21-13-24(30(26)23-21)15-9-11-17(12-10-15)29-20-14-27-22-18(20)7-4-8-19(22)28-16-5-2-1-3-6-16/h1-12,20H,13-14H2,(H,23,25). The van der Waals surface area contributed by atoms with E-state index < -0.39 is 11.2 Å². The molecular formula is C22H18N2O5S. The molecule has 1 fully saturated rings. The molecule has 1 saturated heterocycles. The van der Waals surface area contributed by atoms with E-state index in [1.807, 2.05) is 48.5 Å². The molecule has 0 bridgehead atoms. The molecule has 1 amide bonds. The molecule has 3 aromatic rings. The van der Waals surface area contributed by atoms with Crippen LogP contribution in [-0.2, 0) is 16.0 Å². The summed E-state index contributed by atoms with van der Waals surface area (Å²) in [6.07, 6.45) is -0.269. The first-order chi connectivity index (χ1) is 14.7. The van der Waals surface area contributed by atoms with Crippen LogP contribution in [0.4, 0.5) is 5.69 Å². The smallest absolute Gasteiger partial charge is 0.253 e. The fourth-order valence-corrected chi connectivity index (χ4v) is 4.32. The number of benzene rings is 3. The lowest BCUT2D eigenvalue weighted by Gasteiger charge is -2.16. The van der Waals surface area contributed by atoms with Gasteiger partial charge < -0.3 is 14.2 Å². The third-order valence-corrected chi connectivity index (χ3v) is 5.94. The first-order valence-corrected chi connectivity index (χ1v) is 10.5. The molecule has 1 N–H and O–H groups in total. The van der Waals surface area contributed by atoms with Crippen LogP contribution in [0.25, 0.3) is 0 Å². The third-order valence-electron chi connectivity index (χ3n) is 4.80. The predicted molar refractivity (Wildman–Crippen MR) is 112 cm³/mol. The van der Waals surface area contributed by atoms with Crippen LogP contribution >= 0.6 is 0 Å². The minimum atomic E-state index is -1.54. The van der Waals surface area contributed by atoms with Crippen LogP contribution in [0.1, 0.15) is 11.7 Å². The molecule has 2 heterocycles. The van der Waals surface area contributed by atoms with E-state index in [2.05, 4.69) is 4.72 Å². The molecule has 2 unspecified atom stereocenters. The van der Waals surface area contributed by atoms with Crippen molar-refractivity contribution >= 4 is 22.8 Å². The van der Waals surface area contributed by atoms with Gasteiger partial charge in [0.15, 0.2) is 17.6 Å². The van der Waals surface area contributed by atoms with E-state index in [0.29, 0.717) is 29.5 Å². The average Bonchev–Trinajstić information content (AvgIpc) is 3.32. The number of carbonyl (C=O) groups excluding carboxylic acids is 1. The van der Waals surface area contributed by atoms with Gasteiger partial charge in [-0.15, -0.1) is 0 Å². The summed E-state index contributed by atoms with van der Waals surface area (Å²) in [7, 11) is 0. The highest BCUT2D eigenvalue weighted by Gasteiger charge is 2.30. The summed E-state index contributed by atoms with van der Waals surface area (Å²) in [5, 5.41) is 0. The Morgan fingerprint density at radius 1 is 0.967 bits per heavy atom. The van der Waals surface area contributed by atoms with E-state index in [-0.39, 0.29) is 18.6 Å². The van der Waals surface area contributed by atoms with E-state index in [1.165, 1.54) is 4.31 Å². The Labute approximate surface area is 175 Å². The van der Waals surface area contributed by atoms with Gasteiger partial charge in [-0.3, -0.25) is 13.8 Å². The van der Waals surface area contributed by atoms with E-state index >= 15 is 0 Å². The summed E-state index contributed by atoms with van der Waals surface area (Å²) in [6, 6.07) is 22.4. The van der Waals surface area contributed by atoms with Crippen LogP contribution in [0.2, 0.25) is 0 Å². The van der Waals surface area contributed by atoms with Crippen molar-refractivity contribution in [3.8, 4) is 23.0 Å². The van der Waals surface area contributed by atoms with Crippen molar-refractivity contribution in [3.63, 3.8) is 0 Å². The van der Waals surface area contributed by atoms with Gasteiger partial charge in [-0.1, -0.05) is 30.3 Å². The second-order valence-electron chi connectivity index (χ2n) is 6.81. The van der Waals surface area contributed by atoms with Gasteiger partial charge in [0.05, 0.1) is 5.69 Å². The number of hydrogen-bond acceptors (Lipinski definition) is 5. The van der Waals surface area contributed by atoms with E-state index in [4.69, 9.17) is 14.2 Å². The summed E-state index contributed by atoms with van der Waals surface area (Å²) in [4.78, 5) is 11.4. The zero-order valence-electron chi connectivity index (χ0n) is 15.8. The summed E-state index contributed by atoms with van der Waals surface area (Å²) in [6.45, 7) is 0.446. The van der Waals surface area contributed by atoms with Crippen LogP contribution < -0.4 is 23.2 Å². The second-order valence-corrected chi connectivity index (χ2v) is 7.96. The number of nitrogens with zero attached hydrogens (tertiary/aromatic N) is 1. The maximum absolute atomic E-state index is 11.9. The molecule has 2 aliphatic heterocycles. The molecule has 2 atom stereocenters. The van der Waals surface area contributed by atoms with Crippen LogP contribution in [0.3, 0.4) is 0 Å². The molecule has 5 rings (SSSR count). The third kappa shape index (κ3) is 3.57. The van der Waals surface area contributed by atoms with Crippen LogP contribution in [-0.4, -0.2) is 23.3 Å². The maximum atomic E-state index is 11.9. The number of amides is 1. The topological polar surface area (TPSA) is 77.1 Å². The predicted octanol–water partition coefficient (Wildman–Crippen LogP) is 3.51. The average molecular weight is 422 g/mol. The summed E-state index contributed by atoms with van der Waals surface area (Å²) in [5.41, 5.74) is 1.60. The zero-order valence-corrected chi connectivity index (χ0v) is 16.6. The molecular weight excluding hydrogens is 404 g/mol. The number of para-hydroxylation sites is 2. The SMILES string of the molecule is O=C1CN(c2ccc(OC3COc4c(Oc5ccccc5)cccc43)cc2)S(=O)N1. The molecule has 8 heteroatoms. The summed E-state index contributed by atoms with van der Waals surface area (Å²) >= 11 is -1.54. The molecule has 0 aromatic heterocycles. The maximum Gasteiger partial charge on any atom is 0.253 e. The van der Waals surface area contributed by atoms with Crippen molar-refractivity contribution in [2.24, 2.45) is 0 Å². The van der Waals surface area contributed by atoms with Crippen molar-refractivity contribution in [2.75, 3.05) is 17.5 Å². The molecule has 0 spiro atoms. The largest absolute Gasteiger partial charge is 0.485 e. The minimum Gasteiger partial charge on any atom is -0.485 e. The second kappa shape index (κ2) is 7.72. The molecule has 2 aliphatic rings. The fourth-order valence-electron chi connectivity index (χ4n) is 3.40. The van der Waals surface area contributed by atoms with Gasteiger partial charge in [0, 0.05) is 5.56 Å². The number of nitrogens with one attached hydrogen (secondary N) is 1. The number of ether oxygens (including phenoxy) is 3. The first-order valence-electron chi connectivity index (χ1n) is 9.41. The fraction of sp³-hybridized carbons (Fsp3) is 0.136. The van der Waals surface area contributed by atoms with Gasteiger partial charge in [0.1, 0.15) is 24.7 Å². The Bertz CT molecular complexity index is 1100. The molecule has 0 saturated carbocycles. The van der Waals surface area contributed by atoms with Crippen molar-refractivity contribution in [2.45, 2.75) is 6.10 Å². The zero-order chi connectivity index (χ0) is 20.5. The monoisotopic (exact) mass is 422 g/mol. The normalized spacial score (nSPS) is 19.7. The highest BCUT2D eigenvalue weighted by molar-refractivity contribution is 7.85.